The lowest BCUT2D eigenvalue weighted by Gasteiger charge is -2.13. The topological polar surface area (TPSA) is 50.7 Å². The third-order valence-corrected chi connectivity index (χ3v) is 4.64. The molecule has 0 spiro atoms. The van der Waals surface area contributed by atoms with Crippen LogP contribution in [0.3, 0.4) is 0 Å². The Morgan fingerprint density at radius 2 is 1.90 bits per heavy atom. The summed E-state index contributed by atoms with van der Waals surface area (Å²) in [4.78, 5) is 16.3. The van der Waals surface area contributed by atoms with Gasteiger partial charge in [0.15, 0.2) is 0 Å². The van der Waals surface area contributed by atoms with E-state index >= 15 is 0 Å². The minimum atomic E-state index is -2.90. The maximum absolute atomic E-state index is 13.4. The normalized spacial score (nSPS) is 11.8. The highest BCUT2D eigenvalue weighted by atomic mass is 19.3. The van der Waals surface area contributed by atoms with E-state index in [0.29, 0.717) is 22.8 Å². The van der Waals surface area contributed by atoms with E-state index in [0.717, 1.165) is 17.7 Å². The lowest BCUT2D eigenvalue weighted by molar-refractivity contribution is 0.0174. The van der Waals surface area contributed by atoms with E-state index in [-0.39, 0.29) is 18.0 Å². The Labute approximate surface area is 179 Å². The lowest BCUT2D eigenvalue weighted by atomic mass is 10.1. The summed E-state index contributed by atoms with van der Waals surface area (Å²) in [5.41, 5.74) is 1.01. The molecule has 0 aromatic heterocycles. The van der Waals surface area contributed by atoms with Gasteiger partial charge in [-0.25, -0.2) is 8.78 Å². The van der Waals surface area contributed by atoms with Crippen molar-refractivity contribution in [2.45, 2.75) is 12.8 Å². The van der Waals surface area contributed by atoms with Crippen LogP contribution in [0.1, 0.15) is 22.8 Å². The van der Waals surface area contributed by atoms with Crippen molar-refractivity contribution < 1.29 is 18.3 Å². The van der Waals surface area contributed by atoms with E-state index in [1.807, 2.05) is 6.07 Å². The number of ether oxygens (including phenoxy) is 1. The van der Waals surface area contributed by atoms with Crippen LogP contribution in [0.25, 0.3) is 10.8 Å². The molecule has 0 aliphatic rings. The SMILES string of the molecule is C=C/C=C(/CNC(=O)c1ccc2c(Oc3ccc(C(C)(F)F)cc3)cccc2c1)N=C. The Morgan fingerprint density at radius 1 is 1.16 bits per heavy atom. The van der Waals surface area contributed by atoms with Gasteiger partial charge in [0.2, 0.25) is 0 Å². The third kappa shape index (κ3) is 5.42. The van der Waals surface area contributed by atoms with Crippen LogP contribution >= 0.6 is 0 Å². The van der Waals surface area contributed by atoms with E-state index in [4.69, 9.17) is 4.74 Å². The van der Waals surface area contributed by atoms with E-state index in [1.54, 1.807) is 42.5 Å². The summed E-state index contributed by atoms with van der Waals surface area (Å²) in [5.74, 6) is -2.14. The number of hydrogen-bond acceptors (Lipinski definition) is 3. The Kier molecular flexibility index (Phi) is 6.60. The summed E-state index contributed by atoms with van der Waals surface area (Å²) in [7, 11) is 0. The standard InChI is InChI=1S/C25H22F2N2O2/c1-4-6-20(28-3)16-29-24(30)18-9-14-22-17(15-18)7-5-8-23(22)31-21-12-10-19(11-13-21)25(2,26)27/h4-15H,1,3,16H2,2H3,(H,29,30)/b20-6-. The van der Waals surface area contributed by atoms with Gasteiger partial charge < -0.3 is 10.1 Å². The van der Waals surface area contributed by atoms with Gasteiger partial charge >= 0.3 is 0 Å². The van der Waals surface area contributed by atoms with Gasteiger partial charge in [0.25, 0.3) is 11.8 Å². The minimum Gasteiger partial charge on any atom is -0.457 e. The highest BCUT2D eigenvalue weighted by molar-refractivity contribution is 6.00. The molecule has 0 heterocycles. The van der Waals surface area contributed by atoms with Gasteiger partial charge in [-0.05, 0) is 66.7 Å². The van der Waals surface area contributed by atoms with Crippen molar-refractivity contribution in [2.75, 3.05) is 6.54 Å². The first kappa shape index (κ1) is 21.9. The second-order valence-electron chi connectivity index (χ2n) is 6.94. The molecule has 1 amide bonds. The van der Waals surface area contributed by atoms with Crippen molar-refractivity contribution in [2.24, 2.45) is 4.99 Å². The zero-order valence-electron chi connectivity index (χ0n) is 17.1. The maximum Gasteiger partial charge on any atom is 0.270 e. The average Bonchev–Trinajstić information content (AvgIpc) is 2.76. The molecule has 4 nitrogen and oxygen atoms in total. The van der Waals surface area contributed by atoms with Gasteiger partial charge in [-0.15, -0.1) is 0 Å². The average molecular weight is 420 g/mol. The summed E-state index contributed by atoms with van der Waals surface area (Å²) < 4.78 is 32.7. The second kappa shape index (κ2) is 9.34. The van der Waals surface area contributed by atoms with E-state index in [9.17, 15) is 13.6 Å². The molecule has 6 heteroatoms. The summed E-state index contributed by atoms with van der Waals surface area (Å²) in [6, 6.07) is 16.4. The van der Waals surface area contributed by atoms with Crippen LogP contribution in [0.15, 0.2) is 90.1 Å². The van der Waals surface area contributed by atoms with Crippen LogP contribution in [-0.2, 0) is 5.92 Å². The van der Waals surface area contributed by atoms with Gasteiger partial charge in [-0.2, -0.15) is 0 Å². The van der Waals surface area contributed by atoms with Crippen LogP contribution in [0.2, 0.25) is 0 Å². The van der Waals surface area contributed by atoms with Gasteiger partial charge in [-0.3, -0.25) is 9.79 Å². The van der Waals surface area contributed by atoms with E-state index in [1.165, 1.54) is 24.3 Å². The molecule has 0 radical (unpaired) electrons. The first-order chi connectivity index (χ1) is 14.8. The first-order valence-electron chi connectivity index (χ1n) is 9.57. The van der Waals surface area contributed by atoms with Crippen LogP contribution < -0.4 is 10.1 Å². The minimum absolute atomic E-state index is 0.0776. The molecule has 0 saturated heterocycles. The number of carbonyl (C=O) groups is 1. The number of carbonyl (C=O) groups excluding carboxylic acids is 1. The highest BCUT2D eigenvalue weighted by Gasteiger charge is 2.23. The number of halogens is 2. The Balaban J connectivity index is 1.80. The quantitative estimate of drug-likeness (QED) is 0.346. The predicted octanol–water partition coefficient (Wildman–Crippen LogP) is 6.24. The zero-order chi connectivity index (χ0) is 22.4. The van der Waals surface area contributed by atoms with Gasteiger partial charge in [0.05, 0.1) is 12.2 Å². The van der Waals surface area contributed by atoms with E-state index < -0.39 is 5.92 Å². The van der Waals surface area contributed by atoms with Gasteiger partial charge in [-0.1, -0.05) is 24.8 Å². The largest absolute Gasteiger partial charge is 0.457 e. The molecule has 1 N–H and O–H groups in total. The molecule has 3 aromatic carbocycles. The number of rotatable bonds is 8. The molecule has 0 saturated carbocycles. The summed E-state index contributed by atoms with van der Waals surface area (Å²) in [5, 5.41) is 4.40. The molecule has 31 heavy (non-hydrogen) atoms. The molecule has 158 valence electrons. The Hall–Kier alpha value is -3.80. The van der Waals surface area contributed by atoms with Gasteiger partial charge in [0, 0.05) is 23.4 Å². The lowest BCUT2D eigenvalue weighted by Crippen LogP contribution is -2.25. The number of aliphatic imine (C=N–C) groups is 1. The molecule has 0 atom stereocenters. The molecule has 0 fully saturated rings. The molecule has 3 rings (SSSR count). The molecule has 3 aromatic rings. The number of allylic oxidation sites excluding steroid dienone is 2. The Morgan fingerprint density at radius 3 is 2.55 bits per heavy atom. The summed E-state index contributed by atoms with van der Waals surface area (Å²) in [6.07, 6.45) is 3.25. The smallest absolute Gasteiger partial charge is 0.270 e. The Bertz CT molecular complexity index is 1150. The first-order valence-corrected chi connectivity index (χ1v) is 9.57. The number of nitrogens with zero attached hydrogens (tertiary/aromatic N) is 1. The number of benzene rings is 3. The molecule has 0 bridgehead atoms. The predicted molar refractivity (Wildman–Crippen MR) is 120 cm³/mol. The zero-order valence-corrected chi connectivity index (χ0v) is 17.1. The number of amides is 1. The summed E-state index contributed by atoms with van der Waals surface area (Å²) >= 11 is 0. The summed E-state index contributed by atoms with van der Waals surface area (Å²) in [6.45, 7) is 8.15. The monoisotopic (exact) mass is 420 g/mol. The molecule has 0 aliphatic carbocycles. The molecule has 0 aliphatic heterocycles. The van der Waals surface area contributed by atoms with Crippen molar-refractivity contribution in [3.63, 3.8) is 0 Å². The molecular weight excluding hydrogens is 398 g/mol. The van der Waals surface area contributed by atoms with Crippen LogP contribution in [0.5, 0.6) is 11.5 Å². The van der Waals surface area contributed by atoms with Crippen LogP contribution in [-0.4, -0.2) is 19.2 Å². The fourth-order valence-electron chi connectivity index (χ4n) is 3.00. The molecule has 0 unspecified atom stereocenters. The second-order valence-corrected chi connectivity index (χ2v) is 6.94. The number of alkyl halides is 2. The van der Waals surface area contributed by atoms with E-state index in [2.05, 4.69) is 23.6 Å². The molecular formula is C25H22F2N2O2. The fraction of sp³-hybridized carbons (Fsp3) is 0.120. The van der Waals surface area contributed by atoms with Crippen molar-refractivity contribution in [3.05, 3.63) is 96.2 Å². The van der Waals surface area contributed by atoms with Crippen LogP contribution in [0, 0.1) is 0 Å². The van der Waals surface area contributed by atoms with Crippen molar-refractivity contribution in [1.82, 2.24) is 5.32 Å². The van der Waals surface area contributed by atoms with Crippen molar-refractivity contribution in [1.29, 1.82) is 0 Å². The highest BCUT2D eigenvalue weighted by Crippen LogP contribution is 2.33. The third-order valence-electron chi connectivity index (χ3n) is 4.64. The maximum atomic E-state index is 13.4. The fourth-order valence-corrected chi connectivity index (χ4v) is 3.00. The van der Waals surface area contributed by atoms with Crippen molar-refractivity contribution in [3.8, 4) is 11.5 Å². The number of hydrogen-bond donors (Lipinski definition) is 1. The van der Waals surface area contributed by atoms with Gasteiger partial charge in [0.1, 0.15) is 11.5 Å². The number of nitrogens with one attached hydrogen (secondary N) is 1. The number of fused-ring (bicyclic) bond motifs is 1. The van der Waals surface area contributed by atoms with Crippen LogP contribution in [0.4, 0.5) is 8.78 Å². The van der Waals surface area contributed by atoms with Crippen molar-refractivity contribution >= 4 is 23.4 Å².